The summed E-state index contributed by atoms with van der Waals surface area (Å²) in [7, 11) is 1.58. The van der Waals surface area contributed by atoms with E-state index in [0.717, 1.165) is 4.47 Å². The molecule has 1 N–H and O–H groups in total. The van der Waals surface area contributed by atoms with Gasteiger partial charge in [0.25, 0.3) is 11.5 Å². The molecule has 0 radical (unpaired) electrons. The Kier molecular flexibility index (Phi) is 5.80. The maximum Gasteiger partial charge on any atom is 0.258 e. The number of ether oxygens (including phenoxy) is 1. The fourth-order valence-corrected chi connectivity index (χ4v) is 3.05. The maximum absolute atomic E-state index is 12.9. The molecule has 3 aromatic rings. The summed E-state index contributed by atoms with van der Waals surface area (Å²) < 4.78 is 5.94. The van der Waals surface area contributed by atoms with Gasteiger partial charge in [0, 0.05) is 23.7 Å². The summed E-state index contributed by atoms with van der Waals surface area (Å²) >= 11 is 3.38. The monoisotopic (exact) mass is 415 g/mol. The first-order valence-corrected chi connectivity index (χ1v) is 8.89. The third kappa shape index (κ3) is 4.17. The van der Waals surface area contributed by atoms with Crippen LogP contribution in [0, 0.1) is 0 Å². The summed E-state index contributed by atoms with van der Waals surface area (Å²) in [6, 6.07) is 14.3. The average Bonchev–Trinajstić information content (AvgIpc) is 2.64. The van der Waals surface area contributed by atoms with Crippen LogP contribution in [0.15, 0.2) is 57.8 Å². The van der Waals surface area contributed by atoms with Gasteiger partial charge in [-0.25, -0.2) is 4.98 Å². The van der Waals surface area contributed by atoms with Crippen LogP contribution < -0.4 is 5.56 Å². The Labute approximate surface area is 158 Å². The van der Waals surface area contributed by atoms with E-state index in [9.17, 15) is 9.59 Å². The van der Waals surface area contributed by atoms with E-state index in [1.54, 1.807) is 42.3 Å². The molecule has 6 nitrogen and oxygen atoms in total. The van der Waals surface area contributed by atoms with Crippen molar-refractivity contribution in [3.63, 3.8) is 0 Å². The summed E-state index contributed by atoms with van der Waals surface area (Å²) in [4.78, 5) is 34.0. The number of halogens is 1. The standard InChI is InChI=1S/C19H18BrN3O3/c1-26-10-9-23(19(25)13-5-4-6-14(20)11-13)12-17-21-16-8-3-2-7-15(16)18(24)22-17/h2-8,11H,9-10,12H2,1H3,(H,21,22,24). The van der Waals surface area contributed by atoms with Crippen LogP contribution in [0.3, 0.4) is 0 Å². The number of aromatic nitrogens is 2. The molecule has 0 unspecified atom stereocenters. The number of methoxy groups -OCH3 is 1. The van der Waals surface area contributed by atoms with Crippen LogP contribution in [0.4, 0.5) is 0 Å². The van der Waals surface area contributed by atoms with E-state index < -0.39 is 0 Å². The summed E-state index contributed by atoms with van der Waals surface area (Å²) in [5.41, 5.74) is 0.943. The second kappa shape index (κ2) is 8.25. The number of para-hydroxylation sites is 1. The lowest BCUT2D eigenvalue weighted by Gasteiger charge is -2.22. The molecule has 2 aromatic carbocycles. The van der Waals surface area contributed by atoms with E-state index in [1.165, 1.54) is 0 Å². The van der Waals surface area contributed by atoms with Crippen molar-refractivity contribution in [2.75, 3.05) is 20.3 Å². The molecular formula is C19H18BrN3O3. The molecule has 0 fully saturated rings. The van der Waals surface area contributed by atoms with Gasteiger partial charge in [-0.3, -0.25) is 9.59 Å². The third-order valence-electron chi connectivity index (χ3n) is 3.93. The molecule has 1 aromatic heterocycles. The Morgan fingerprint density at radius 2 is 2.04 bits per heavy atom. The van der Waals surface area contributed by atoms with Crippen LogP contribution in [-0.4, -0.2) is 41.0 Å². The van der Waals surface area contributed by atoms with Gasteiger partial charge in [0.05, 0.1) is 24.1 Å². The number of aromatic amines is 1. The van der Waals surface area contributed by atoms with Gasteiger partial charge in [-0.1, -0.05) is 34.1 Å². The molecule has 0 saturated heterocycles. The second-order valence-electron chi connectivity index (χ2n) is 5.76. The van der Waals surface area contributed by atoms with Gasteiger partial charge in [-0.05, 0) is 30.3 Å². The number of carbonyl (C=O) groups is 1. The lowest BCUT2D eigenvalue weighted by atomic mass is 10.2. The van der Waals surface area contributed by atoms with Crippen molar-refractivity contribution in [3.8, 4) is 0 Å². The SMILES string of the molecule is COCCN(Cc1nc2ccccc2c(=O)[nH]1)C(=O)c1cccc(Br)c1. The largest absolute Gasteiger partial charge is 0.383 e. The van der Waals surface area contributed by atoms with E-state index in [1.807, 2.05) is 18.2 Å². The van der Waals surface area contributed by atoms with Crippen LogP contribution in [0.5, 0.6) is 0 Å². The number of amides is 1. The zero-order valence-electron chi connectivity index (χ0n) is 14.2. The number of fused-ring (bicyclic) bond motifs is 1. The number of rotatable bonds is 6. The smallest absolute Gasteiger partial charge is 0.258 e. The Bertz CT molecular complexity index is 987. The molecule has 0 bridgehead atoms. The number of benzene rings is 2. The summed E-state index contributed by atoms with van der Waals surface area (Å²) in [6.45, 7) is 0.963. The molecule has 1 heterocycles. The van der Waals surface area contributed by atoms with Crippen molar-refractivity contribution < 1.29 is 9.53 Å². The fourth-order valence-electron chi connectivity index (χ4n) is 2.65. The van der Waals surface area contributed by atoms with E-state index in [4.69, 9.17) is 4.74 Å². The van der Waals surface area contributed by atoms with Crippen LogP contribution in [0.25, 0.3) is 10.9 Å². The molecule has 0 saturated carbocycles. The second-order valence-corrected chi connectivity index (χ2v) is 6.68. The van der Waals surface area contributed by atoms with Crippen LogP contribution in [0.1, 0.15) is 16.2 Å². The Morgan fingerprint density at radius 1 is 1.23 bits per heavy atom. The highest BCUT2D eigenvalue weighted by Gasteiger charge is 2.18. The number of carbonyl (C=O) groups excluding carboxylic acids is 1. The van der Waals surface area contributed by atoms with E-state index in [2.05, 4.69) is 25.9 Å². The van der Waals surface area contributed by atoms with Crippen LogP contribution in [-0.2, 0) is 11.3 Å². The Hall–Kier alpha value is -2.51. The predicted molar refractivity (Wildman–Crippen MR) is 103 cm³/mol. The third-order valence-corrected chi connectivity index (χ3v) is 4.42. The lowest BCUT2D eigenvalue weighted by molar-refractivity contribution is 0.0675. The molecule has 3 rings (SSSR count). The molecular weight excluding hydrogens is 398 g/mol. The molecule has 0 aliphatic rings. The first-order chi connectivity index (χ1) is 12.6. The van der Waals surface area contributed by atoms with Crippen molar-refractivity contribution >= 4 is 32.7 Å². The molecule has 134 valence electrons. The lowest BCUT2D eigenvalue weighted by Crippen LogP contribution is -2.34. The van der Waals surface area contributed by atoms with Crippen molar-refractivity contribution in [2.45, 2.75) is 6.54 Å². The van der Waals surface area contributed by atoms with Crippen LogP contribution in [0.2, 0.25) is 0 Å². The molecule has 1 amide bonds. The van der Waals surface area contributed by atoms with Gasteiger partial charge in [0.15, 0.2) is 0 Å². The zero-order chi connectivity index (χ0) is 18.5. The molecule has 0 spiro atoms. The first-order valence-electron chi connectivity index (χ1n) is 8.10. The summed E-state index contributed by atoms with van der Waals surface area (Å²) in [5, 5.41) is 0.526. The molecule has 26 heavy (non-hydrogen) atoms. The van der Waals surface area contributed by atoms with E-state index >= 15 is 0 Å². The Balaban J connectivity index is 1.91. The normalized spacial score (nSPS) is 10.8. The topological polar surface area (TPSA) is 75.3 Å². The Morgan fingerprint density at radius 3 is 2.81 bits per heavy atom. The van der Waals surface area contributed by atoms with Crippen LogP contribution >= 0.6 is 15.9 Å². The van der Waals surface area contributed by atoms with Crippen molar-refractivity contribution in [3.05, 3.63) is 74.7 Å². The average molecular weight is 416 g/mol. The van der Waals surface area contributed by atoms with Crippen molar-refractivity contribution in [1.29, 1.82) is 0 Å². The van der Waals surface area contributed by atoms with Crippen molar-refractivity contribution in [2.24, 2.45) is 0 Å². The molecule has 0 atom stereocenters. The van der Waals surface area contributed by atoms with E-state index in [-0.39, 0.29) is 18.0 Å². The number of hydrogen-bond donors (Lipinski definition) is 1. The first kappa shape index (κ1) is 18.3. The van der Waals surface area contributed by atoms with Gasteiger partial charge < -0.3 is 14.6 Å². The predicted octanol–water partition coefficient (Wildman–Crippen LogP) is 2.97. The van der Waals surface area contributed by atoms with Gasteiger partial charge in [-0.15, -0.1) is 0 Å². The molecule has 0 aliphatic carbocycles. The number of nitrogens with one attached hydrogen (secondary N) is 1. The van der Waals surface area contributed by atoms with Gasteiger partial charge >= 0.3 is 0 Å². The van der Waals surface area contributed by atoms with E-state index in [0.29, 0.717) is 35.4 Å². The highest BCUT2D eigenvalue weighted by Crippen LogP contribution is 2.15. The van der Waals surface area contributed by atoms with Gasteiger partial charge in [0.2, 0.25) is 0 Å². The number of H-pyrrole nitrogens is 1. The minimum absolute atomic E-state index is 0.154. The van der Waals surface area contributed by atoms with Gasteiger partial charge in [-0.2, -0.15) is 0 Å². The van der Waals surface area contributed by atoms with Gasteiger partial charge in [0.1, 0.15) is 5.82 Å². The summed E-state index contributed by atoms with van der Waals surface area (Å²) in [5.74, 6) is 0.285. The molecule has 0 aliphatic heterocycles. The molecule has 7 heteroatoms. The minimum Gasteiger partial charge on any atom is -0.383 e. The minimum atomic E-state index is -0.216. The number of nitrogens with zero attached hydrogens (tertiary/aromatic N) is 2. The number of hydrogen-bond acceptors (Lipinski definition) is 4. The summed E-state index contributed by atoms with van der Waals surface area (Å²) in [6.07, 6.45) is 0. The highest BCUT2D eigenvalue weighted by atomic mass is 79.9. The zero-order valence-corrected chi connectivity index (χ0v) is 15.8. The van der Waals surface area contributed by atoms with Crippen molar-refractivity contribution in [1.82, 2.24) is 14.9 Å². The maximum atomic E-state index is 12.9. The fraction of sp³-hybridized carbons (Fsp3) is 0.211. The highest BCUT2D eigenvalue weighted by molar-refractivity contribution is 9.10. The quantitative estimate of drug-likeness (QED) is 0.671.